The van der Waals surface area contributed by atoms with Gasteiger partial charge in [-0.2, -0.15) is 9.78 Å². The summed E-state index contributed by atoms with van der Waals surface area (Å²) >= 11 is 2.98. The fourth-order valence-corrected chi connectivity index (χ4v) is 4.50. The number of nitrogens with zero attached hydrogens (tertiary/aromatic N) is 3. The van der Waals surface area contributed by atoms with Crippen LogP contribution in [0.2, 0.25) is 0 Å². The van der Waals surface area contributed by atoms with Gasteiger partial charge in [0.2, 0.25) is 5.13 Å². The van der Waals surface area contributed by atoms with Gasteiger partial charge in [-0.1, -0.05) is 23.5 Å². The Morgan fingerprint density at radius 1 is 1.20 bits per heavy atom. The quantitative estimate of drug-likeness (QED) is 0.569. The highest BCUT2D eigenvalue weighted by molar-refractivity contribution is 7.20. The molecule has 1 amide bonds. The third-order valence-corrected chi connectivity index (χ3v) is 5.66. The number of benzene rings is 1. The second-order valence-electron chi connectivity index (χ2n) is 5.94. The van der Waals surface area contributed by atoms with Crippen LogP contribution in [0.4, 0.5) is 5.82 Å². The third kappa shape index (κ3) is 2.96. The molecule has 0 aliphatic carbocycles. The summed E-state index contributed by atoms with van der Waals surface area (Å²) in [6, 6.07) is 9.78. The lowest BCUT2D eigenvalue weighted by atomic mass is 10.1. The van der Waals surface area contributed by atoms with E-state index in [2.05, 4.69) is 36.4 Å². The maximum atomic E-state index is 12.4. The van der Waals surface area contributed by atoms with E-state index in [-0.39, 0.29) is 5.91 Å². The largest absolute Gasteiger partial charge is 0.306 e. The molecule has 25 heavy (non-hydrogen) atoms. The van der Waals surface area contributed by atoms with Crippen LogP contribution in [0.3, 0.4) is 0 Å². The van der Waals surface area contributed by atoms with Gasteiger partial charge >= 0.3 is 0 Å². The maximum absolute atomic E-state index is 12.4. The minimum atomic E-state index is -0.135. The zero-order valence-corrected chi connectivity index (χ0v) is 15.7. The van der Waals surface area contributed by atoms with Crippen LogP contribution in [0.5, 0.6) is 0 Å². The number of aromatic nitrogens is 3. The molecule has 0 saturated heterocycles. The second-order valence-corrected chi connectivity index (χ2v) is 7.90. The van der Waals surface area contributed by atoms with Crippen LogP contribution in [0, 0.1) is 20.8 Å². The number of thiazole rings is 1. The summed E-state index contributed by atoms with van der Waals surface area (Å²) in [5.74, 6) is 0.494. The number of amides is 1. The molecule has 0 aliphatic rings. The molecule has 3 heterocycles. The number of carbonyl (C=O) groups excluding carboxylic acids is 1. The average molecular weight is 368 g/mol. The lowest BCUT2D eigenvalue weighted by Crippen LogP contribution is -2.13. The second kappa shape index (κ2) is 6.09. The Hall–Kier alpha value is -2.51. The van der Waals surface area contributed by atoms with E-state index in [0.717, 1.165) is 26.6 Å². The SMILES string of the molecule is Cc1cc(C)c2nc(-n3nc(C)cc3NC(=O)c3cccs3)sc2c1. The smallest absolute Gasteiger partial charge is 0.266 e. The summed E-state index contributed by atoms with van der Waals surface area (Å²) in [5, 5.41) is 10.1. The molecule has 0 unspecified atom stereocenters. The van der Waals surface area contributed by atoms with Crippen LogP contribution in [-0.4, -0.2) is 20.7 Å². The van der Waals surface area contributed by atoms with Crippen molar-refractivity contribution < 1.29 is 4.79 Å². The van der Waals surface area contributed by atoms with Gasteiger partial charge in [0.1, 0.15) is 5.82 Å². The summed E-state index contributed by atoms with van der Waals surface area (Å²) in [7, 11) is 0. The predicted molar refractivity (Wildman–Crippen MR) is 103 cm³/mol. The Morgan fingerprint density at radius 3 is 2.80 bits per heavy atom. The molecule has 0 spiro atoms. The monoisotopic (exact) mass is 368 g/mol. The zero-order chi connectivity index (χ0) is 17.6. The van der Waals surface area contributed by atoms with Gasteiger partial charge < -0.3 is 5.32 Å². The van der Waals surface area contributed by atoms with Gasteiger partial charge in [-0.15, -0.1) is 11.3 Å². The van der Waals surface area contributed by atoms with Crippen molar-refractivity contribution in [1.82, 2.24) is 14.8 Å². The van der Waals surface area contributed by atoms with Crippen molar-refractivity contribution in [3.8, 4) is 5.13 Å². The first-order chi connectivity index (χ1) is 12.0. The molecule has 1 N–H and O–H groups in total. The van der Waals surface area contributed by atoms with Crippen molar-refractivity contribution >= 4 is 44.6 Å². The molecule has 3 aromatic heterocycles. The topological polar surface area (TPSA) is 59.8 Å². The van der Waals surface area contributed by atoms with Gasteiger partial charge in [-0.3, -0.25) is 4.79 Å². The number of hydrogen-bond donors (Lipinski definition) is 1. The first kappa shape index (κ1) is 16.0. The molecule has 0 aliphatic heterocycles. The van der Waals surface area contributed by atoms with Crippen LogP contribution in [-0.2, 0) is 0 Å². The number of thiophene rings is 1. The van der Waals surface area contributed by atoms with Gasteiger partial charge in [0.05, 0.1) is 20.8 Å². The van der Waals surface area contributed by atoms with Crippen molar-refractivity contribution in [2.75, 3.05) is 5.32 Å². The van der Waals surface area contributed by atoms with Crippen molar-refractivity contribution in [2.24, 2.45) is 0 Å². The molecule has 126 valence electrons. The van der Waals surface area contributed by atoms with Crippen LogP contribution in [0.25, 0.3) is 15.3 Å². The first-order valence-corrected chi connectivity index (χ1v) is 9.50. The van der Waals surface area contributed by atoms with Crippen LogP contribution < -0.4 is 5.32 Å². The van der Waals surface area contributed by atoms with E-state index in [1.54, 1.807) is 22.1 Å². The molecule has 4 aromatic rings. The lowest BCUT2D eigenvalue weighted by Gasteiger charge is -2.05. The number of hydrogen-bond acceptors (Lipinski definition) is 5. The van der Waals surface area contributed by atoms with Gasteiger partial charge in [-0.05, 0) is 49.4 Å². The number of anilines is 1. The van der Waals surface area contributed by atoms with E-state index < -0.39 is 0 Å². The van der Waals surface area contributed by atoms with Gasteiger partial charge in [0, 0.05) is 6.07 Å². The molecule has 0 saturated carbocycles. The molecule has 4 rings (SSSR count). The van der Waals surface area contributed by atoms with E-state index in [1.165, 1.54) is 16.9 Å². The molecule has 0 fully saturated rings. The predicted octanol–water partition coefficient (Wildman–Crippen LogP) is 4.72. The first-order valence-electron chi connectivity index (χ1n) is 7.81. The summed E-state index contributed by atoms with van der Waals surface area (Å²) in [6.45, 7) is 6.04. The highest BCUT2D eigenvalue weighted by Gasteiger charge is 2.16. The Morgan fingerprint density at radius 2 is 2.04 bits per heavy atom. The van der Waals surface area contributed by atoms with E-state index in [9.17, 15) is 4.79 Å². The van der Waals surface area contributed by atoms with E-state index >= 15 is 0 Å². The molecular weight excluding hydrogens is 352 g/mol. The summed E-state index contributed by atoms with van der Waals surface area (Å²) in [4.78, 5) is 17.8. The average Bonchev–Trinajstić information content (AvgIpc) is 3.26. The van der Waals surface area contributed by atoms with Crippen LogP contribution in [0.1, 0.15) is 26.5 Å². The van der Waals surface area contributed by atoms with E-state index in [0.29, 0.717) is 10.7 Å². The molecule has 0 bridgehead atoms. The van der Waals surface area contributed by atoms with Crippen molar-refractivity contribution in [3.63, 3.8) is 0 Å². The summed E-state index contributed by atoms with van der Waals surface area (Å²) in [6.07, 6.45) is 0. The Bertz CT molecular complexity index is 1080. The van der Waals surface area contributed by atoms with Gasteiger partial charge in [0.15, 0.2) is 0 Å². The highest BCUT2D eigenvalue weighted by atomic mass is 32.1. The Labute approximate surface area is 153 Å². The van der Waals surface area contributed by atoms with E-state index in [1.807, 2.05) is 24.4 Å². The number of nitrogens with one attached hydrogen (secondary N) is 1. The molecule has 5 nitrogen and oxygen atoms in total. The fraction of sp³-hybridized carbons (Fsp3) is 0.167. The molecule has 0 atom stereocenters. The normalized spacial score (nSPS) is 11.2. The molecular formula is C18H16N4OS2. The van der Waals surface area contributed by atoms with Gasteiger partial charge in [-0.25, -0.2) is 4.98 Å². The number of fused-ring (bicyclic) bond motifs is 1. The minimum Gasteiger partial charge on any atom is -0.306 e. The van der Waals surface area contributed by atoms with Crippen molar-refractivity contribution in [1.29, 1.82) is 0 Å². The molecule has 7 heteroatoms. The zero-order valence-electron chi connectivity index (χ0n) is 14.0. The number of rotatable bonds is 3. The van der Waals surface area contributed by atoms with Crippen molar-refractivity contribution in [3.05, 3.63) is 57.4 Å². The standard InChI is InChI=1S/C18H16N4OS2/c1-10-7-11(2)16-14(8-10)25-18(20-16)22-15(9-12(3)21-22)19-17(23)13-5-4-6-24-13/h4-9H,1-3H3,(H,19,23). The lowest BCUT2D eigenvalue weighted by molar-refractivity contribution is 0.103. The number of aryl methyl sites for hydroxylation is 3. The Kier molecular flexibility index (Phi) is 3.89. The Balaban J connectivity index is 1.76. The summed E-state index contributed by atoms with van der Waals surface area (Å²) < 4.78 is 2.83. The maximum Gasteiger partial charge on any atom is 0.266 e. The van der Waals surface area contributed by atoms with Gasteiger partial charge in [0.25, 0.3) is 5.91 Å². The van der Waals surface area contributed by atoms with Crippen LogP contribution >= 0.6 is 22.7 Å². The fourth-order valence-electron chi connectivity index (χ4n) is 2.77. The molecule has 1 aromatic carbocycles. The summed E-state index contributed by atoms with van der Waals surface area (Å²) in [5.41, 5.74) is 4.16. The van der Waals surface area contributed by atoms with Crippen molar-refractivity contribution in [2.45, 2.75) is 20.8 Å². The van der Waals surface area contributed by atoms with Crippen LogP contribution in [0.15, 0.2) is 35.7 Å². The molecule has 0 radical (unpaired) electrons. The minimum absolute atomic E-state index is 0.135. The third-order valence-electron chi connectivity index (χ3n) is 3.82. The van der Waals surface area contributed by atoms with E-state index in [4.69, 9.17) is 4.98 Å². The number of carbonyl (C=O) groups is 1. The highest BCUT2D eigenvalue weighted by Crippen LogP contribution is 2.30.